The second-order valence-corrected chi connectivity index (χ2v) is 8.11. The molecule has 2 fully saturated rings. The Morgan fingerprint density at radius 1 is 1.24 bits per heavy atom. The van der Waals surface area contributed by atoms with Crippen LogP contribution >= 0.6 is 11.6 Å². The minimum atomic E-state index is -3.46. The number of hydrogen-bond acceptors (Lipinski definition) is 3. The number of sulfonamides is 1. The molecule has 0 spiro atoms. The van der Waals surface area contributed by atoms with Gasteiger partial charge in [-0.2, -0.15) is 4.31 Å². The van der Waals surface area contributed by atoms with E-state index >= 15 is 0 Å². The molecule has 1 aliphatic carbocycles. The zero-order valence-electron chi connectivity index (χ0n) is 12.1. The first-order chi connectivity index (χ1) is 10.0. The van der Waals surface area contributed by atoms with Gasteiger partial charge >= 0.3 is 0 Å². The van der Waals surface area contributed by atoms with Crippen LogP contribution in [-0.2, 0) is 10.0 Å². The summed E-state index contributed by atoms with van der Waals surface area (Å²) >= 11 is 6.07. The topological polar surface area (TPSA) is 46.6 Å². The molecule has 1 saturated heterocycles. The van der Waals surface area contributed by atoms with E-state index in [2.05, 4.69) is 0 Å². The average molecular weight is 330 g/mol. The molecule has 3 rings (SSSR count). The van der Waals surface area contributed by atoms with Crippen LogP contribution in [0.2, 0.25) is 5.02 Å². The third-order valence-electron chi connectivity index (χ3n) is 4.67. The third-order valence-corrected chi connectivity index (χ3v) is 6.89. The number of methoxy groups -OCH3 is 1. The summed E-state index contributed by atoms with van der Waals surface area (Å²) < 4.78 is 32.5. The molecule has 1 unspecified atom stereocenters. The van der Waals surface area contributed by atoms with E-state index in [1.54, 1.807) is 16.4 Å². The number of halogens is 1. The first-order valence-corrected chi connectivity index (χ1v) is 9.21. The molecular formula is C15H20ClNO3S. The fourth-order valence-electron chi connectivity index (χ4n) is 3.30. The number of ether oxygens (including phenoxy) is 1. The van der Waals surface area contributed by atoms with Crippen molar-refractivity contribution in [2.75, 3.05) is 13.7 Å². The van der Waals surface area contributed by atoms with Crippen LogP contribution in [0.5, 0.6) is 5.75 Å². The van der Waals surface area contributed by atoms with Crippen molar-refractivity contribution in [2.45, 2.75) is 43.0 Å². The summed E-state index contributed by atoms with van der Waals surface area (Å²) in [7, 11) is -1.95. The highest BCUT2D eigenvalue weighted by atomic mass is 35.5. The Morgan fingerprint density at radius 2 is 2.00 bits per heavy atom. The first kappa shape index (κ1) is 15.1. The van der Waals surface area contributed by atoms with Crippen LogP contribution in [0.25, 0.3) is 0 Å². The zero-order chi connectivity index (χ0) is 15.0. The van der Waals surface area contributed by atoms with Gasteiger partial charge in [-0.15, -0.1) is 0 Å². The van der Waals surface area contributed by atoms with Crippen molar-refractivity contribution in [3.05, 3.63) is 23.2 Å². The first-order valence-electron chi connectivity index (χ1n) is 7.39. The second-order valence-electron chi connectivity index (χ2n) is 5.81. The molecule has 1 heterocycles. The fourth-order valence-corrected chi connectivity index (χ4v) is 5.41. The summed E-state index contributed by atoms with van der Waals surface area (Å²) in [6.07, 6.45) is 5.46. The van der Waals surface area contributed by atoms with Gasteiger partial charge in [0.25, 0.3) is 0 Å². The van der Waals surface area contributed by atoms with E-state index in [0.29, 0.717) is 23.2 Å². The molecule has 116 valence electrons. The summed E-state index contributed by atoms with van der Waals surface area (Å²) in [6.45, 7) is 0.618. The Balaban J connectivity index is 1.90. The molecular weight excluding hydrogens is 310 g/mol. The number of rotatable bonds is 4. The van der Waals surface area contributed by atoms with Crippen molar-refractivity contribution in [3.63, 3.8) is 0 Å². The molecule has 1 aliphatic heterocycles. The largest absolute Gasteiger partial charge is 0.495 e. The molecule has 1 saturated carbocycles. The number of hydrogen-bond donors (Lipinski definition) is 0. The van der Waals surface area contributed by atoms with E-state index < -0.39 is 10.0 Å². The average Bonchev–Trinajstić information content (AvgIpc) is 2.86. The summed E-state index contributed by atoms with van der Waals surface area (Å²) in [4.78, 5) is 0.263. The van der Waals surface area contributed by atoms with E-state index in [9.17, 15) is 8.42 Å². The molecule has 1 aromatic carbocycles. The molecule has 1 aromatic rings. The minimum Gasteiger partial charge on any atom is -0.495 e. The fraction of sp³-hybridized carbons (Fsp3) is 0.600. The summed E-state index contributed by atoms with van der Waals surface area (Å²) in [5, 5.41) is 0.331. The number of nitrogens with zero attached hydrogens (tertiary/aromatic N) is 1. The summed E-state index contributed by atoms with van der Waals surface area (Å²) in [5.41, 5.74) is 0. The van der Waals surface area contributed by atoms with Crippen LogP contribution in [0.1, 0.15) is 32.1 Å². The normalized spacial score (nSPS) is 24.0. The predicted molar refractivity (Wildman–Crippen MR) is 82.3 cm³/mol. The lowest BCUT2D eigenvalue weighted by atomic mass is 9.79. The molecule has 0 amide bonds. The maximum absolute atomic E-state index is 12.9. The van der Waals surface area contributed by atoms with Crippen molar-refractivity contribution in [3.8, 4) is 5.75 Å². The van der Waals surface area contributed by atoms with Crippen LogP contribution in [0.3, 0.4) is 0 Å². The van der Waals surface area contributed by atoms with E-state index in [4.69, 9.17) is 16.3 Å². The standard InChI is InChI=1S/C15H20ClNO3S/c1-20-15-8-7-12(10-13(15)16)21(18,19)17-9-3-6-14(17)11-4-2-5-11/h7-8,10-11,14H,2-6,9H2,1H3. The SMILES string of the molecule is COc1ccc(S(=O)(=O)N2CCCC2C2CCC2)cc1Cl. The third kappa shape index (κ3) is 2.67. The monoisotopic (exact) mass is 329 g/mol. The van der Waals surface area contributed by atoms with Gasteiger partial charge < -0.3 is 4.74 Å². The van der Waals surface area contributed by atoms with Gasteiger partial charge in [0.1, 0.15) is 5.75 Å². The van der Waals surface area contributed by atoms with E-state index in [-0.39, 0.29) is 10.9 Å². The maximum atomic E-state index is 12.9. The lowest BCUT2D eigenvalue weighted by molar-refractivity contribution is 0.191. The van der Waals surface area contributed by atoms with Gasteiger partial charge in [0.2, 0.25) is 10.0 Å². The van der Waals surface area contributed by atoms with Crippen LogP contribution < -0.4 is 4.74 Å². The minimum absolute atomic E-state index is 0.171. The van der Waals surface area contributed by atoms with Crippen LogP contribution in [-0.4, -0.2) is 32.4 Å². The molecule has 21 heavy (non-hydrogen) atoms. The van der Waals surface area contributed by atoms with Crippen molar-refractivity contribution in [2.24, 2.45) is 5.92 Å². The Labute approximate surface area is 131 Å². The van der Waals surface area contributed by atoms with Crippen LogP contribution in [0.4, 0.5) is 0 Å². The quantitative estimate of drug-likeness (QED) is 0.851. The van der Waals surface area contributed by atoms with E-state index in [1.165, 1.54) is 19.6 Å². The lowest BCUT2D eigenvalue weighted by Crippen LogP contribution is -2.42. The summed E-state index contributed by atoms with van der Waals surface area (Å²) in [6, 6.07) is 4.86. The van der Waals surface area contributed by atoms with Gasteiger partial charge in [-0.25, -0.2) is 8.42 Å². The van der Waals surface area contributed by atoms with Gasteiger partial charge in [-0.3, -0.25) is 0 Å². The molecule has 0 bridgehead atoms. The number of benzene rings is 1. The second kappa shape index (κ2) is 5.78. The van der Waals surface area contributed by atoms with Crippen LogP contribution in [0.15, 0.2) is 23.1 Å². The molecule has 6 heteroatoms. The highest BCUT2D eigenvalue weighted by Crippen LogP contribution is 2.40. The molecule has 2 aliphatic rings. The predicted octanol–water partition coefficient (Wildman–Crippen LogP) is 3.30. The van der Waals surface area contributed by atoms with Gasteiger partial charge in [0.15, 0.2) is 0 Å². The molecule has 0 aromatic heterocycles. The Morgan fingerprint density at radius 3 is 2.57 bits per heavy atom. The van der Waals surface area contributed by atoms with Crippen LogP contribution in [0, 0.1) is 5.92 Å². The Hall–Kier alpha value is -0.780. The highest BCUT2D eigenvalue weighted by molar-refractivity contribution is 7.89. The summed E-state index contributed by atoms with van der Waals surface area (Å²) in [5.74, 6) is 1.03. The van der Waals surface area contributed by atoms with E-state index in [0.717, 1.165) is 25.7 Å². The molecule has 0 N–H and O–H groups in total. The van der Waals surface area contributed by atoms with Gasteiger partial charge in [0.05, 0.1) is 17.0 Å². The Bertz CT molecular complexity index is 628. The molecule has 0 radical (unpaired) electrons. The van der Waals surface area contributed by atoms with Crippen molar-refractivity contribution >= 4 is 21.6 Å². The van der Waals surface area contributed by atoms with Gasteiger partial charge in [0, 0.05) is 12.6 Å². The molecule has 4 nitrogen and oxygen atoms in total. The Kier molecular flexibility index (Phi) is 4.17. The molecule has 1 atom stereocenters. The zero-order valence-corrected chi connectivity index (χ0v) is 13.7. The van der Waals surface area contributed by atoms with Crippen molar-refractivity contribution in [1.29, 1.82) is 0 Å². The van der Waals surface area contributed by atoms with Crippen molar-refractivity contribution in [1.82, 2.24) is 4.31 Å². The van der Waals surface area contributed by atoms with E-state index in [1.807, 2.05) is 0 Å². The maximum Gasteiger partial charge on any atom is 0.243 e. The van der Waals surface area contributed by atoms with Gasteiger partial charge in [-0.1, -0.05) is 18.0 Å². The smallest absolute Gasteiger partial charge is 0.243 e. The lowest BCUT2D eigenvalue weighted by Gasteiger charge is -2.36. The highest BCUT2D eigenvalue weighted by Gasteiger charge is 2.41. The van der Waals surface area contributed by atoms with Gasteiger partial charge in [-0.05, 0) is 49.8 Å². The van der Waals surface area contributed by atoms with Crippen molar-refractivity contribution < 1.29 is 13.2 Å².